The average molecular weight is 167 g/mol. The van der Waals surface area contributed by atoms with Gasteiger partial charge in [-0.1, -0.05) is 13.2 Å². The van der Waals surface area contributed by atoms with E-state index in [-0.39, 0.29) is 5.91 Å². The Morgan fingerprint density at radius 1 is 1.58 bits per heavy atom. The molecule has 0 unspecified atom stereocenters. The lowest BCUT2D eigenvalue weighted by Crippen LogP contribution is -2.25. The largest absolute Gasteiger partial charge is 0.356 e. The molecule has 1 fully saturated rings. The third-order valence-electron chi connectivity index (χ3n) is 1.49. The van der Waals surface area contributed by atoms with E-state index in [1.54, 1.807) is 0 Å². The molecule has 1 aliphatic rings. The molecule has 1 aliphatic heterocycles. The number of hydroxylamine groups is 2. The standard InChI is InChI=1S/C8H9NO3/c1-3-8(11)12-9-6(2)4-5-7(9)10/h3H,1-2,4-5H2. The number of nitrogens with zero attached hydrogens (tertiary/aromatic N) is 1. The van der Waals surface area contributed by atoms with Gasteiger partial charge < -0.3 is 4.84 Å². The first-order valence-electron chi connectivity index (χ1n) is 3.50. The van der Waals surface area contributed by atoms with Crippen molar-refractivity contribution >= 4 is 11.9 Å². The second-order valence-corrected chi connectivity index (χ2v) is 2.37. The van der Waals surface area contributed by atoms with E-state index in [0.29, 0.717) is 18.5 Å². The first-order valence-corrected chi connectivity index (χ1v) is 3.50. The predicted octanol–water partition coefficient (Wildman–Crippen LogP) is 0.767. The topological polar surface area (TPSA) is 46.6 Å². The van der Waals surface area contributed by atoms with Crippen molar-refractivity contribution in [2.45, 2.75) is 12.8 Å². The van der Waals surface area contributed by atoms with Gasteiger partial charge in [0, 0.05) is 12.5 Å². The lowest BCUT2D eigenvalue weighted by Gasteiger charge is -2.13. The second-order valence-electron chi connectivity index (χ2n) is 2.37. The summed E-state index contributed by atoms with van der Waals surface area (Å²) < 4.78 is 0. The molecule has 64 valence electrons. The number of hydrogen-bond donors (Lipinski definition) is 0. The van der Waals surface area contributed by atoms with E-state index in [1.165, 1.54) is 0 Å². The van der Waals surface area contributed by atoms with Crippen LogP contribution in [0.25, 0.3) is 0 Å². The highest BCUT2D eigenvalue weighted by Gasteiger charge is 2.27. The summed E-state index contributed by atoms with van der Waals surface area (Å²) in [5.41, 5.74) is 0.509. The van der Waals surface area contributed by atoms with E-state index < -0.39 is 5.97 Å². The van der Waals surface area contributed by atoms with Crippen LogP contribution in [-0.4, -0.2) is 16.9 Å². The Morgan fingerprint density at radius 3 is 2.67 bits per heavy atom. The molecule has 0 N–H and O–H groups in total. The maximum Gasteiger partial charge on any atom is 0.356 e. The Labute approximate surface area is 70.1 Å². The maximum atomic E-state index is 11.0. The third kappa shape index (κ3) is 1.53. The van der Waals surface area contributed by atoms with Gasteiger partial charge in [-0.25, -0.2) is 4.79 Å². The van der Waals surface area contributed by atoms with Gasteiger partial charge >= 0.3 is 5.97 Å². The summed E-state index contributed by atoms with van der Waals surface area (Å²) in [6, 6.07) is 0. The molecule has 4 heteroatoms. The van der Waals surface area contributed by atoms with Crippen molar-refractivity contribution in [1.29, 1.82) is 0 Å². The average Bonchev–Trinajstić information content (AvgIpc) is 2.35. The molecule has 0 atom stereocenters. The molecule has 0 aromatic heterocycles. The van der Waals surface area contributed by atoms with Crippen LogP contribution < -0.4 is 0 Å². The molecule has 12 heavy (non-hydrogen) atoms. The Kier molecular flexibility index (Phi) is 2.28. The van der Waals surface area contributed by atoms with Crippen molar-refractivity contribution in [3.8, 4) is 0 Å². The lowest BCUT2D eigenvalue weighted by atomic mass is 10.3. The minimum absolute atomic E-state index is 0.241. The van der Waals surface area contributed by atoms with E-state index in [4.69, 9.17) is 0 Å². The molecular weight excluding hydrogens is 158 g/mol. The molecule has 4 nitrogen and oxygen atoms in total. The molecule has 1 heterocycles. The molecule has 1 rings (SSSR count). The molecule has 0 spiro atoms. The van der Waals surface area contributed by atoms with Gasteiger partial charge in [-0.2, -0.15) is 0 Å². The first kappa shape index (κ1) is 8.52. The summed E-state index contributed by atoms with van der Waals surface area (Å²) in [5.74, 6) is -0.887. The minimum Gasteiger partial charge on any atom is -0.329 e. The van der Waals surface area contributed by atoms with Crippen LogP contribution in [0, 0.1) is 0 Å². The Bertz CT molecular complexity index is 241. The number of carbonyl (C=O) groups excluding carboxylic acids is 2. The van der Waals surface area contributed by atoms with Crippen LogP contribution in [0.4, 0.5) is 0 Å². The fraction of sp³-hybridized carbons (Fsp3) is 0.250. The summed E-state index contributed by atoms with van der Waals surface area (Å²) in [4.78, 5) is 26.3. The summed E-state index contributed by atoms with van der Waals surface area (Å²) in [6.07, 6.45) is 1.89. The van der Waals surface area contributed by atoms with Gasteiger partial charge in [0.25, 0.3) is 5.91 Å². The molecule has 1 amide bonds. The van der Waals surface area contributed by atoms with Crippen LogP contribution in [-0.2, 0) is 14.4 Å². The van der Waals surface area contributed by atoms with Crippen LogP contribution in [0.5, 0.6) is 0 Å². The third-order valence-corrected chi connectivity index (χ3v) is 1.49. The molecule has 0 aliphatic carbocycles. The zero-order valence-electron chi connectivity index (χ0n) is 6.58. The summed E-state index contributed by atoms with van der Waals surface area (Å²) in [7, 11) is 0. The summed E-state index contributed by atoms with van der Waals surface area (Å²) in [5, 5.41) is 0.921. The number of amides is 1. The van der Waals surface area contributed by atoms with Crippen molar-refractivity contribution in [3.63, 3.8) is 0 Å². The van der Waals surface area contributed by atoms with Crippen LogP contribution in [0.15, 0.2) is 24.9 Å². The smallest absolute Gasteiger partial charge is 0.329 e. The SMILES string of the molecule is C=CC(=O)ON1C(=C)CCC1=O. The fourth-order valence-electron chi connectivity index (χ4n) is 0.873. The summed E-state index contributed by atoms with van der Waals surface area (Å²) in [6.45, 7) is 6.78. The van der Waals surface area contributed by atoms with Gasteiger partial charge in [0.2, 0.25) is 0 Å². The Hall–Kier alpha value is -1.58. The van der Waals surface area contributed by atoms with Crippen LogP contribution in [0.2, 0.25) is 0 Å². The van der Waals surface area contributed by atoms with Gasteiger partial charge in [-0.05, 0) is 6.42 Å². The van der Waals surface area contributed by atoms with Crippen LogP contribution in [0.3, 0.4) is 0 Å². The molecule has 1 saturated heterocycles. The normalized spacial score (nSPS) is 16.5. The van der Waals surface area contributed by atoms with Crippen LogP contribution in [0.1, 0.15) is 12.8 Å². The molecule has 0 saturated carbocycles. The van der Waals surface area contributed by atoms with E-state index >= 15 is 0 Å². The number of hydrogen-bond acceptors (Lipinski definition) is 3. The molecular formula is C8H9NO3. The van der Waals surface area contributed by atoms with Gasteiger partial charge in [-0.15, -0.1) is 5.06 Å². The quantitative estimate of drug-likeness (QED) is 0.570. The van der Waals surface area contributed by atoms with Crippen LogP contribution >= 0.6 is 0 Å². The van der Waals surface area contributed by atoms with E-state index in [0.717, 1.165) is 11.1 Å². The monoisotopic (exact) mass is 167 g/mol. The molecule has 0 radical (unpaired) electrons. The zero-order valence-corrected chi connectivity index (χ0v) is 6.58. The van der Waals surface area contributed by atoms with E-state index in [1.807, 2.05) is 0 Å². The predicted molar refractivity (Wildman–Crippen MR) is 41.5 cm³/mol. The van der Waals surface area contributed by atoms with Crippen molar-refractivity contribution in [3.05, 3.63) is 24.9 Å². The van der Waals surface area contributed by atoms with E-state index in [9.17, 15) is 9.59 Å². The highest BCUT2D eigenvalue weighted by molar-refractivity contribution is 5.85. The van der Waals surface area contributed by atoms with Crippen molar-refractivity contribution < 1.29 is 14.4 Å². The Balaban J connectivity index is 2.61. The number of rotatable bonds is 2. The van der Waals surface area contributed by atoms with Crippen molar-refractivity contribution in [1.82, 2.24) is 5.06 Å². The first-order chi connectivity index (χ1) is 5.65. The van der Waals surface area contributed by atoms with Crippen molar-refractivity contribution in [2.75, 3.05) is 0 Å². The second kappa shape index (κ2) is 3.21. The highest BCUT2D eigenvalue weighted by atomic mass is 16.7. The molecule has 0 bridgehead atoms. The minimum atomic E-state index is -0.647. The van der Waals surface area contributed by atoms with Gasteiger partial charge in [0.1, 0.15) is 0 Å². The van der Waals surface area contributed by atoms with Crippen molar-refractivity contribution in [2.24, 2.45) is 0 Å². The molecule has 0 aromatic rings. The lowest BCUT2D eigenvalue weighted by molar-refractivity contribution is -0.181. The zero-order chi connectivity index (χ0) is 9.14. The van der Waals surface area contributed by atoms with Gasteiger partial charge in [0.15, 0.2) is 0 Å². The molecule has 0 aromatic carbocycles. The fourth-order valence-corrected chi connectivity index (χ4v) is 0.873. The highest BCUT2D eigenvalue weighted by Crippen LogP contribution is 2.20. The summed E-state index contributed by atoms with van der Waals surface area (Å²) >= 11 is 0. The van der Waals surface area contributed by atoms with Gasteiger partial charge in [0.05, 0.1) is 5.70 Å². The number of carbonyl (C=O) groups is 2. The van der Waals surface area contributed by atoms with Gasteiger partial charge in [-0.3, -0.25) is 4.79 Å². The Morgan fingerprint density at radius 2 is 2.25 bits per heavy atom. The maximum absolute atomic E-state index is 11.0. The van der Waals surface area contributed by atoms with E-state index in [2.05, 4.69) is 18.0 Å². The number of allylic oxidation sites excluding steroid dienone is 1.